The van der Waals surface area contributed by atoms with E-state index in [9.17, 15) is 0 Å². The van der Waals surface area contributed by atoms with Crippen molar-refractivity contribution < 1.29 is 0 Å². The van der Waals surface area contributed by atoms with Crippen molar-refractivity contribution in [1.29, 1.82) is 0 Å². The van der Waals surface area contributed by atoms with Crippen molar-refractivity contribution in [1.82, 2.24) is 0 Å². The highest BCUT2D eigenvalue weighted by atomic mass is 32.3. The van der Waals surface area contributed by atoms with Crippen molar-refractivity contribution in [3.05, 3.63) is 35.4 Å². The monoisotopic (exact) mass is 304 g/mol. The summed E-state index contributed by atoms with van der Waals surface area (Å²) in [6.45, 7) is 18.5. The van der Waals surface area contributed by atoms with E-state index in [1.807, 2.05) is 0 Å². The Morgan fingerprint density at radius 2 is 1.14 bits per heavy atom. The van der Waals surface area contributed by atoms with Crippen LogP contribution in [0.5, 0.6) is 0 Å². The molecular weight excluding hydrogens is 272 g/mol. The van der Waals surface area contributed by atoms with Crippen molar-refractivity contribution in [2.45, 2.75) is 77.1 Å². The summed E-state index contributed by atoms with van der Waals surface area (Å²) in [5.41, 5.74) is 2.54. The lowest BCUT2D eigenvalue weighted by Crippen LogP contribution is -2.27. The van der Waals surface area contributed by atoms with Crippen LogP contribution in [0.25, 0.3) is 0 Å². The summed E-state index contributed by atoms with van der Waals surface area (Å²) in [6, 6.07) is 8.78. The fraction of sp³-hybridized carbons (Fsp3) is 0.600. The smallest absolute Gasteiger partial charge is 0.0253 e. The molecule has 0 radical (unpaired) electrons. The van der Waals surface area contributed by atoms with Gasteiger partial charge in [-0.25, -0.2) is 0 Å². The van der Waals surface area contributed by atoms with Crippen molar-refractivity contribution in [2.24, 2.45) is 0 Å². The average Bonchev–Trinajstić information content (AvgIpc) is 2.38. The first-order chi connectivity index (χ1) is 9.71. The zero-order valence-electron chi connectivity index (χ0n) is 15.0. The van der Waals surface area contributed by atoms with Crippen molar-refractivity contribution >= 4 is 10.0 Å². The molecule has 0 bridgehead atoms. The van der Waals surface area contributed by atoms with E-state index in [4.69, 9.17) is 0 Å². The molecule has 0 amide bonds. The molecule has 0 N–H and O–H groups in total. The molecule has 0 aliphatic rings. The highest BCUT2D eigenvalue weighted by Crippen LogP contribution is 2.59. The maximum Gasteiger partial charge on any atom is 0.0253 e. The third-order valence-corrected chi connectivity index (χ3v) is 9.43. The second kappa shape index (κ2) is 7.41. The Hall–Kier alpha value is -0.870. The van der Waals surface area contributed by atoms with Crippen LogP contribution in [-0.2, 0) is 0 Å². The second-order valence-corrected chi connectivity index (χ2v) is 11.5. The van der Waals surface area contributed by atoms with Crippen molar-refractivity contribution in [3.63, 3.8) is 0 Å². The van der Waals surface area contributed by atoms with Crippen molar-refractivity contribution in [2.75, 3.05) is 0 Å². The number of benzene rings is 1. The number of hydrogen-bond acceptors (Lipinski definition) is 0. The maximum absolute atomic E-state index is 3.73. The van der Waals surface area contributed by atoms with E-state index < -0.39 is 10.0 Å². The van der Waals surface area contributed by atoms with E-state index in [0.29, 0.717) is 21.7 Å². The SMILES string of the molecule is CC(C)c1ccc(C#CS(C(C)C)(C(C)C)C(C)C)cc1. The van der Waals surface area contributed by atoms with E-state index in [-0.39, 0.29) is 0 Å². The van der Waals surface area contributed by atoms with Gasteiger partial charge < -0.3 is 0 Å². The molecule has 0 nitrogen and oxygen atoms in total. The number of rotatable bonds is 4. The summed E-state index contributed by atoms with van der Waals surface area (Å²) in [5.74, 6) is 4.06. The highest BCUT2D eigenvalue weighted by molar-refractivity contribution is 8.38. The first-order valence-electron chi connectivity index (χ1n) is 8.14. The van der Waals surface area contributed by atoms with Crippen LogP contribution >= 0.6 is 10.0 Å². The molecule has 0 fully saturated rings. The van der Waals surface area contributed by atoms with Gasteiger partial charge in [0.2, 0.25) is 0 Å². The molecule has 0 heterocycles. The minimum atomic E-state index is -0.932. The Morgan fingerprint density at radius 3 is 1.48 bits per heavy atom. The second-order valence-electron chi connectivity index (χ2n) is 6.91. The summed E-state index contributed by atoms with van der Waals surface area (Å²) in [5, 5.41) is 5.65. The number of hydrogen-bond donors (Lipinski definition) is 0. The molecule has 0 saturated heterocycles. The lowest BCUT2D eigenvalue weighted by Gasteiger charge is -2.46. The molecule has 1 aromatic carbocycles. The van der Waals surface area contributed by atoms with Gasteiger partial charge in [0.1, 0.15) is 0 Å². The fourth-order valence-corrected chi connectivity index (χ4v) is 7.35. The Morgan fingerprint density at radius 1 is 0.714 bits per heavy atom. The molecule has 0 unspecified atom stereocenters. The molecule has 0 aliphatic heterocycles. The van der Waals surface area contributed by atoms with E-state index in [1.54, 1.807) is 0 Å². The molecule has 1 rings (SSSR count). The predicted octanol–water partition coefficient (Wildman–Crippen LogP) is 6.15. The first-order valence-corrected chi connectivity index (χ1v) is 9.96. The van der Waals surface area contributed by atoms with Gasteiger partial charge in [-0.2, -0.15) is 10.0 Å². The molecule has 0 atom stereocenters. The Bertz CT molecular complexity index is 473. The van der Waals surface area contributed by atoms with Crippen LogP contribution < -0.4 is 0 Å². The standard InChI is InChI=1S/C20H32S/c1-15(2)20-11-9-19(10-12-20)13-14-21(16(3)4,17(5)6)18(7)8/h9-12,15-18H,1-8H3. The van der Waals surface area contributed by atoms with Gasteiger partial charge in [-0.3, -0.25) is 0 Å². The highest BCUT2D eigenvalue weighted by Gasteiger charge is 2.32. The van der Waals surface area contributed by atoms with Gasteiger partial charge in [-0.1, -0.05) is 73.4 Å². The van der Waals surface area contributed by atoms with Crippen LogP contribution in [-0.4, -0.2) is 15.7 Å². The van der Waals surface area contributed by atoms with Gasteiger partial charge >= 0.3 is 0 Å². The van der Waals surface area contributed by atoms with E-state index >= 15 is 0 Å². The third-order valence-electron chi connectivity index (χ3n) is 4.29. The van der Waals surface area contributed by atoms with Crippen LogP contribution in [0.2, 0.25) is 0 Å². The molecular formula is C20H32S. The van der Waals surface area contributed by atoms with Gasteiger partial charge in [-0.05, 0) is 44.6 Å². The van der Waals surface area contributed by atoms with Gasteiger partial charge in [0.05, 0.1) is 0 Å². The normalized spacial score (nSPS) is 13.0. The molecule has 0 aliphatic carbocycles. The summed E-state index contributed by atoms with van der Waals surface area (Å²) in [4.78, 5) is 0. The predicted molar refractivity (Wildman–Crippen MR) is 100 cm³/mol. The third kappa shape index (κ3) is 4.07. The largest absolute Gasteiger partial charge is 0.170 e. The van der Waals surface area contributed by atoms with Gasteiger partial charge in [0, 0.05) is 5.56 Å². The summed E-state index contributed by atoms with van der Waals surface area (Å²) in [7, 11) is -0.932. The van der Waals surface area contributed by atoms with Crippen LogP contribution in [0.15, 0.2) is 24.3 Å². The lowest BCUT2D eigenvalue weighted by atomic mass is 10.0. The van der Waals surface area contributed by atoms with Crippen LogP contribution in [0, 0.1) is 11.2 Å². The average molecular weight is 305 g/mol. The molecule has 0 spiro atoms. The first kappa shape index (κ1) is 18.2. The Balaban J connectivity index is 3.16. The topological polar surface area (TPSA) is 0 Å². The van der Waals surface area contributed by atoms with Crippen molar-refractivity contribution in [3.8, 4) is 11.2 Å². The Labute approximate surface area is 134 Å². The van der Waals surface area contributed by atoms with E-state index in [1.165, 1.54) is 5.56 Å². The van der Waals surface area contributed by atoms with Gasteiger partial charge in [-0.15, -0.1) is 0 Å². The van der Waals surface area contributed by atoms with E-state index in [2.05, 4.69) is 90.8 Å². The summed E-state index contributed by atoms with van der Waals surface area (Å²) in [6.07, 6.45) is 0. The minimum Gasteiger partial charge on any atom is -0.170 e. The molecule has 1 aromatic rings. The minimum absolute atomic E-state index is 0.582. The zero-order valence-corrected chi connectivity index (χ0v) is 15.8. The van der Waals surface area contributed by atoms with Crippen LogP contribution in [0.3, 0.4) is 0 Å². The van der Waals surface area contributed by atoms with Crippen LogP contribution in [0.4, 0.5) is 0 Å². The molecule has 21 heavy (non-hydrogen) atoms. The maximum atomic E-state index is 3.73. The zero-order chi connectivity index (χ0) is 16.2. The summed E-state index contributed by atoms with van der Waals surface area (Å²) >= 11 is 0. The Kier molecular flexibility index (Phi) is 6.41. The van der Waals surface area contributed by atoms with Crippen LogP contribution in [0.1, 0.15) is 72.4 Å². The molecule has 0 saturated carbocycles. The van der Waals surface area contributed by atoms with Gasteiger partial charge in [0.15, 0.2) is 0 Å². The molecule has 118 valence electrons. The van der Waals surface area contributed by atoms with E-state index in [0.717, 1.165) is 5.56 Å². The summed E-state index contributed by atoms with van der Waals surface area (Å²) < 4.78 is 0. The molecule has 1 heteroatoms. The fourth-order valence-electron chi connectivity index (χ4n) is 3.09. The quantitative estimate of drug-likeness (QED) is 0.585. The molecule has 0 aromatic heterocycles. The lowest BCUT2D eigenvalue weighted by molar-refractivity contribution is 0.866. The van der Waals surface area contributed by atoms with Gasteiger partial charge in [0.25, 0.3) is 0 Å².